The van der Waals surface area contributed by atoms with Crippen molar-refractivity contribution in [3.8, 4) is 0 Å². The second kappa shape index (κ2) is 6.67. The smallest absolute Gasteiger partial charge is 0.258 e. The molecular weight excluding hydrogens is 282 g/mol. The molecule has 1 saturated heterocycles. The van der Waals surface area contributed by atoms with Crippen molar-refractivity contribution in [2.45, 2.75) is 6.54 Å². The fourth-order valence-corrected chi connectivity index (χ4v) is 2.53. The molecule has 7 heteroatoms. The zero-order valence-electron chi connectivity index (χ0n) is 12.3. The third kappa shape index (κ3) is 3.49. The van der Waals surface area contributed by atoms with Gasteiger partial charge in [0.25, 0.3) is 5.56 Å². The minimum atomic E-state index is -0.0740. The lowest BCUT2D eigenvalue weighted by Crippen LogP contribution is -2.49. The van der Waals surface area contributed by atoms with Gasteiger partial charge in [0, 0.05) is 45.0 Å². The van der Waals surface area contributed by atoms with Gasteiger partial charge in [-0.25, -0.2) is 4.98 Å². The van der Waals surface area contributed by atoms with Crippen LogP contribution >= 0.6 is 0 Å². The molecule has 0 spiro atoms. The van der Waals surface area contributed by atoms with Gasteiger partial charge < -0.3 is 10.6 Å². The van der Waals surface area contributed by atoms with Gasteiger partial charge in [0.05, 0.1) is 12.2 Å². The summed E-state index contributed by atoms with van der Waals surface area (Å²) in [5.41, 5.74) is 1.31. The molecule has 1 amide bonds. The quantitative estimate of drug-likeness (QED) is 0.708. The molecule has 3 heterocycles. The van der Waals surface area contributed by atoms with Crippen LogP contribution in [-0.4, -0.2) is 52.9 Å². The first-order valence-electron chi connectivity index (χ1n) is 7.39. The Morgan fingerprint density at radius 3 is 3.09 bits per heavy atom. The van der Waals surface area contributed by atoms with E-state index in [1.54, 1.807) is 12.3 Å². The summed E-state index contributed by atoms with van der Waals surface area (Å²) < 4.78 is 1.52. The summed E-state index contributed by atoms with van der Waals surface area (Å²) >= 11 is 0. The predicted octanol–water partition coefficient (Wildman–Crippen LogP) is -0.784. The molecule has 0 unspecified atom stereocenters. The highest BCUT2D eigenvalue weighted by molar-refractivity contribution is 5.78. The summed E-state index contributed by atoms with van der Waals surface area (Å²) in [6, 6.07) is 7.04. The van der Waals surface area contributed by atoms with Crippen LogP contribution in [0.5, 0.6) is 0 Å². The Labute approximate surface area is 128 Å². The van der Waals surface area contributed by atoms with Crippen LogP contribution < -0.4 is 16.2 Å². The number of pyridine rings is 1. The number of carbonyl (C=O) groups is 1. The second-order valence-electron chi connectivity index (χ2n) is 5.32. The third-order valence-electron chi connectivity index (χ3n) is 3.65. The SMILES string of the molecule is O=C1CN(CCNCc2cc(=O)n3ccccc3n2)CCN1. The standard InChI is InChI=1S/C15H19N5O2/c21-14-11-19(8-5-17-14)7-4-16-10-12-9-15(22)20-6-2-1-3-13(20)18-12/h1-3,6,9,16H,4-5,7-8,10-11H2,(H,17,21). The highest BCUT2D eigenvalue weighted by Crippen LogP contribution is 1.98. The van der Waals surface area contributed by atoms with Crippen molar-refractivity contribution in [1.29, 1.82) is 0 Å². The minimum absolute atomic E-state index is 0.0740. The molecule has 2 N–H and O–H groups in total. The molecule has 1 fully saturated rings. The van der Waals surface area contributed by atoms with Crippen LogP contribution in [-0.2, 0) is 11.3 Å². The molecule has 0 aromatic carbocycles. The molecular formula is C15H19N5O2. The van der Waals surface area contributed by atoms with E-state index in [1.165, 1.54) is 4.40 Å². The molecule has 3 rings (SSSR count). The van der Waals surface area contributed by atoms with Gasteiger partial charge in [-0.2, -0.15) is 0 Å². The largest absolute Gasteiger partial charge is 0.354 e. The van der Waals surface area contributed by atoms with Crippen molar-refractivity contribution in [2.75, 3.05) is 32.7 Å². The lowest BCUT2D eigenvalue weighted by molar-refractivity contribution is -0.124. The number of aromatic nitrogens is 2. The molecule has 1 aliphatic rings. The van der Waals surface area contributed by atoms with E-state index >= 15 is 0 Å². The van der Waals surface area contributed by atoms with Crippen molar-refractivity contribution in [2.24, 2.45) is 0 Å². The number of nitrogens with zero attached hydrogens (tertiary/aromatic N) is 3. The highest BCUT2D eigenvalue weighted by Gasteiger charge is 2.14. The Bertz CT molecular complexity index is 727. The Balaban J connectivity index is 1.53. The molecule has 2 aromatic rings. The minimum Gasteiger partial charge on any atom is -0.354 e. The van der Waals surface area contributed by atoms with E-state index in [-0.39, 0.29) is 11.5 Å². The van der Waals surface area contributed by atoms with Crippen LogP contribution in [0.4, 0.5) is 0 Å². The molecule has 0 atom stereocenters. The van der Waals surface area contributed by atoms with E-state index < -0.39 is 0 Å². The summed E-state index contributed by atoms with van der Waals surface area (Å²) in [6.07, 6.45) is 1.71. The molecule has 2 aromatic heterocycles. The Morgan fingerprint density at radius 2 is 2.23 bits per heavy atom. The first kappa shape index (κ1) is 14.7. The number of hydrogen-bond acceptors (Lipinski definition) is 5. The van der Waals surface area contributed by atoms with E-state index in [0.29, 0.717) is 25.3 Å². The number of rotatable bonds is 5. The number of hydrogen-bond donors (Lipinski definition) is 2. The lowest BCUT2D eigenvalue weighted by Gasteiger charge is -2.26. The van der Waals surface area contributed by atoms with Crippen molar-refractivity contribution >= 4 is 11.6 Å². The summed E-state index contributed by atoms with van der Waals surface area (Å²) in [4.78, 5) is 29.8. The van der Waals surface area contributed by atoms with Gasteiger partial charge in [0.1, 0.15) is 5.65 Å². The fraction of sp³-hybridized carbons (Fsp3) is 0.400. The van der Waals surface area contributed by atoms with Crippen LogP contribution in [0, 0.1) is 0 Å². The van der Waals surface area contributed by atoms with Crippen molar-refractivity contribution in [1.82, 2.24) is 24.9 Å². The van der Waals surface area contributed by atoms with Crippen molar-refractivity contribution < 1.29 is 4.79 Å². The number of amides is 1. The normalized spacial score (nSPS) is 15.9. The lowest BCUT2D eigenvalue weighted by atomic mass is 10.3. The van der Waals surface area contributed by atoms with Gasteiger partial charge >= 0.3 is 0 Å². The van der Waals surface area contributed by atoms with Gasteiger partial charge in [0.2, 0.25) is 5.91 Å². The Morgan fingerprint density at radius 1 is 1.32 bits per heavy atom. The van der Waals surface area contributed by atoms with Gasteiger partial charge in [-0.1, -0.05) is 6.07 Å². The van der Waals surface area contributed by atoms with Gasteiger partial charge in [-0.3, -0.25) is 18.9 Å². The maximum absolute atomic E-state index is 12.0. The summed E-state index contributed by atoms with van der Waals surface area (Å²) in [5, 5.41) is 6.08. The molecule has 0 radical (unpaired) electrons. The third-order valence-corrected chi connectivity index (χ3v) is 3.65. The molecule has 116 valence electrons. The number of carbonyl (C=O) groups excluding carboxylic acids is 1. The van der Waals surface area contributed by atoms with E-state index in [9.17, 15) is 9.59 Å². The molecule has 0 aliphatic carbocycles. The van der Waals surface area contributed by atoms with Crippen LogP contribution in [0.2, 0.25) is 0 Å². The van der Waals surface area contributed by atoms with E-state index in [0.717, 1.165) is 25.3 Å². The van der Waals surface area contributed by atoms with E-state index in [4.69, 9.17) is 0 Å². The summed E-state index contributed by atoms with van der Waals surface area (Å²) in [6.45, 7) is 4.14. The first-order valence-corrected chi connectivity index (χ1v) is 7.39. The average Bonchev–Trinajstić information content (AvgIpc) is 2.52. The molecule has 1 aliphatic heterocycles. The Kier molecular flexibility index (Phi) is 4.45. The van der Waals surface area contributed by atoms with Gasteiger partial charge in [0.15, 0.2) is 0 Å². The fourth-order valence-electron chi connectivity index (χ4n) is 2.53. The van der Waals surface area contributed by atoms with Crippen molar-refractivity contribution in [3.05, 3.63) is 46.5 Å². The van der Waals surface area contributed by atoms with Crippen LogP contribution in [0.25, 0.3) is 5.65 Å². The summed E-state index contributed by atoms with van der Waals surface area (Å²) in [7, 11) is 0. The topological polar surface area (TPSA) is 78.7 Å². The number of nitrogens with one attached hydrogen (secondary N) is 2. The van der Waals surface area contributed by atoms with Crippen molar-refractivity contribution in [3.63, 3.8) is 0 Å². The number of piperazine rings is 1. The first-order chi connectivity index (χ1) is 10.7. The van der Waals surface area contributed by atoms with Crippen LogP contribution in [0.15, 0.2) is 35.3 Å². The highest BCUT2D eigenvalue weighted by atomic mass is 16.2. The molecule has 7 nitrogen and oxygen atoms in total. The zero-order chi connectivity index (χ0) is 15.4. The van der Waals surface area contributed by atoms with E-state index in [1.807, 2.05) is 18.2 Å². The zero-order valence-corrected chi connectivity index (χ0v) is 12.3. The maximum Gasteiger partial charge on any atom is 0.258 e. The van der Waals surface area contributed by atoms with Gasteiger partial charge in [-0.15, -0.1) is 0 Å². The average molecular weight is 301 g/mol. The van der Waals surface area contributed by atoms with Gasteiger partial charge in [-0.05, 0) is 12.1 Å². The predicted molar refractivity (Wildman–Crippen MR) is 82.6 cm³/mol. The Hall–Kier alpha value is -2.25. The number of fused-ring (bicyclic) bond motifs is 1. The second-order valence-corrected chi connectivity index (χ2v) is 5.32. The maximum atomic E-state index is 12.0. The van der Waals surface area contributed by atoms with E-state index in [2.05, 4.69) is 20.5 Å². The monoisotopic (exact) mass is 301 g/mol. The molecule has 0 bridgehead atoms. The molecule has 0 saturated carbocycles. The van der Waals surface area contributed by atoms with Crippen LogP contribution in [0.3, 0.4) is 0 Å². The molecule has 22 heavy (non-hydrogen) atoms. The summed E-state index contributed by atoms with van der Waals surface area (Å²) in [5.74, 6) is 0.0791. The van der Waals surface area contributed by atoms with Crippen LogP contribution in [0.1, 0.15) is 5.69 Å².